The van der Waals surface area contributed by atoms with Gasteiger partial charge in [0.25, 0.3) is 11.8 Å². The van der Waals surface area contributed by atoms with Crippen molar-refractivity contribution in [2.75, 3.05) is 24.4 Å². The minimum absolute atomic E-state index is 0.0500. The molecule has 0 saturated carbocycles. The normalized spacial score (nSPS) is 14.3. The molecule has 5 aromatic rings. The molecule has 0 aliphatic heterocycles. The molecule has 2 atom stereocenters. The molecule has 3 N–H and O–H groups in total. The summed E-state index contributed by atoms with van der Waals surface area (Å²) in [6.45, 7) is 4.22. The number of carbonyl (C=O) groups excluding carboxylic acids is 4. The van der Waals surface area contributed by atoms with Crippen molar-refractivity contribution in [2.24, 2.45) is 0 Å². The Labute approximate surface area is 323 Å². The van der Waals surface area contributed by atoms with Crippen molar-refractivity contribution < 1.29 is 28.7 Å². The number of amides is 3. The fourth-order valence-electron chi connectivity index (χ4n) is 6.25. The average Bonchev–Trinajstić information content (AvgIpc) is 3.55. The first-order valence-corrected chi connectivity index (χ1v) is 19.4. The summed E-state index contributed by atoms with van der Waals surface area (Å²) < 4.78 is 10.7. The predicted molar refractivity (Wildman–Crippen MR) is 215 cm³/mol. The van der Waals surface area contributed by atoms with Gasteiger partial charge in [-0.25, -0.2) is 4.79 Å². The first-order chi connectivity index (χ1) is 26.2. The second kappa shape index (κ2) is 17.9. The third-order valence-electron chi connectivity index (χ3n) is 8.97. The van der Waals surface area contributed by atoms with Gasteiger partial charge < -0.3 is 25.4 Å². The van der Waals surface area contributed by atoms with E-state index in [2.05, 4.69) is 28.1 Å². The van der Waals surface area contributed by atoms with E-state index in [9.17, 15) is 19.2 Å². The van der Waals surface area contributed by atoms with Crippen LogP contribution in [0.25, 0.3) is 6.08 Å². The van der Waals surface area contributed by atoms with E-state index < -0.39 is 23.0 Å². The van der Waals surface area contributed by atoms with E-state index in [1.807, 2.05) is 37.3 Å². The molecule has 2 unspecified atom stereocenters. The highest BCUT2D eigenvalue weighted by atomic mass is 32.2. The van der Waals surface area contributed by atoms with Gasteiger partial charge in [0.05, 0.1) is 24.5 Å². The SMILES string of the molecule is CCOc1ccc(/C=C(/NC(=O)c2ccccc2)C(=O)Nc2cccc(SC(C)C(=O)Nc3sc4c(c3C(=O)OC)CCC(c3ccccc3)C4)c2)cc1. The molecule has 0 bridgehead atoms. The number of ether oxygens (including phenoxy) is 2. The Morgan fingerprint density at radius 3 is 2.33 bits per heavy atom. The second-order valence-corrected chi connectivity index (χ2v) is 15.2. The molecule has 276 valence electrons. The van der Waals surface area contributed by atoms with Crippen molar-refractivity contribution in [3.05, 3.63) is 148 Å². The number of hydrogen-bond donors (Lipinski definition) is 3. The van der Waals surface area contributed by atoms with Gasteiger partial charge in [0.2, 0.25) is 5.91 Å². The first-order valence-electron chi connectivity index (χ1n) is 17.7. The number of thiophene rings is 1. The molecule has 3 amide bonds. The molecular formula is C43H41N3O6S2. The minimum Gasteiger partial charge on any atom is -0.494 e. The molecule has 1 aliphatic carbocycles. The fourth-order valence-corrected chi connectivity index (χ4v) is 8.50. The van der Waals surface area contributed by atoms with Crippen molar-refractivity contribution in [1.82, 2.24) is 5.32 Å². The Morgan fingerprint density at radius 1 is 0.907 bits per heavy atom. The molecular weight excluding hydrogens is 719 g/mol. The maximum atomic E-state index is 13.7. The minimum atomic E-state index is -0.544. The molecule has 0 saturated heterocycles. The molecule has 1 aliphatic rings. The van der Waals surface area contributed by atoms with Crippen LogP contribution in [0.4, 0.5) is 10.7 Å². The average molecular weight is 760 g/mol. The Balaban J connectivity index is 1.15. The maximum Gasteiger partial charge on any atom is 0.341 e. The molecule has 0 spiro atoms. The van der Waals surface area contributed by atoms with Gasteiger partial charge in [-0.1, -0.05) is 66.7 Å². The van der Waals surface area contributed by atoms with Crippen LogP contribution in [0.5, 0.6) is 5.75 Å². The van der Waals surface area contributed by atoms with Crippen molar-refractivity contribution >= 4 is 63.6 Å². The summed E-state index contributed by atoms with van der Waals surface area (Å²) >= 11 is 2.76. The summed E-state index contributed by atoms with van der Waals surface area (Å²) in [7, 11) is 1.36. The number of benzene rings is 4. The maximum absolute atomic E-state index is 13.7. The standard InChI is InChI=1S/C43H41N3O6S2/c1-4-52-33-21-18-28(19-22-33)24-36(45-40(48)30-14-9-6-10-15-30)41(49)44-32-16-11-17-34(26-32)53-27(2)39(47)46-42-38(43(50)51-3)35-23-20-31(25-37(35)54-42)29-12-7-5-8-13-29/h5-19,21-22,24,26-27,31H,4,20,23,25H2,1-3H3,(H,44,49)(H,45,48)(H,46,47)/b36-24+. The third kappa shape index (κ3) is 9.47. The van der Waals surface area contributed by atoms with Crippen LogP contribution >= 0.6 is 23.1 Å². The van der Waals surface area contributed by atoms with Crippen molar-refractivity contribution in [3.8, 4) is 5.75 Å². The zero-order valence-electron chi connectivity index (χ0n) is 30.2. The number of nitrogens with one attached hydrogen (secondary N) is 3. The number of anilines is 2. The van der Waals surface area contributed by atoms with E-state index in [4.69, 9.17) is 9.47 Å². The van der Waals surface area contributed by atoms with Crippen LogP contribution < -0.4 is 20.7 Å². The predicted octanol–water partition coefficient (Wildman–Crippen LogP) is 8.73. The monoisotopic (exact) mass is 759 g/mol. The highest BCUT2D eigenvalue weighted by molar-refractivity contribution is 8.00. The lowest BCUT2D eigenvalue weighted by molar-refractivity contribution is -0.115. The van der Waals surface area contributed by atoms with Crippen LogP contribution in [-0.4, -0.2) is 42.7 Å². The van der Waals surface area contributed by atoms with Crippen LogP contribution in [0.2, 0.25) is 0 Å². The topological polar surface area (TPSA) is 123 Å². The molecule has 54 heavy (non-hydrogen) atoms. The van der Waals surface area contributed by atoms with E-state index >= 15 is 0 Å². The lowest BCUT2D eigenvalue weighted by Gasteiger charge is -2.22. The second-order valence-electron chi connectivity index (χ2n) is 12.7. The van der Waals surface area contributed by atoms with Gasteiger partial charge in [0, 0.05) is 21.0 Å². The highest BCUT2D eigenvalue weighted by Crippen LogP contribution is 2.43. The molecule has 4 aromatic carbocycles. The van der Waals surface area contributed by atoms with E-state index in [1.165, 1.54) is 35.8 Å². The van der Waals surface area contributed by atoms with E-state index in [0.29, 0.717) is 45.7 Å². The summed E-state index contributed by atoms with van der Waals surface area (Å²) in [4.78, 5) is 55.1. The largest absolute Gasteiger partial charge is 0.494 e. The van der Waals surface area contributed by atoms with Crippen molar-refractivity contribution in [2.45, 2.75) is 49.2 Å². The number of esters is 1. The summed E-state index contributed by atoms with van der Waals surface area (Å²) in [5.41, 5.74) is 4.29. The Hall–Kier alpha value is -5.65. The Kier molecular flexibility index (Phi) is 12.6. The van der Waals surface area contributed by atoms with Gasteiger partial charge in [0.1, 0.15) is 16.4 Å². The molecule has 11 heteroatoms. The summed E-state index contributed by atoms with van der Waals surface area (Å²) in [6, 6.07) is 33.4. The summed E-state index contributed by atoms with van der Waals surface area (Å²) in [6.07, 6.45) is 4.02. The summed E-state index contributed by atoms with van der Waals surface area (Å²) in [5.74, 6) is -0.630. The molecule has 1 aromatic heterocycles. The lowest BCUT2D eigenvalue weighted by atomic mass is 9.83. The third-order valence-corrected chi connectivity index (χ3v) is 11.2. The zero-order chi connectivity index (χ0) is 38.0. The van der Waals surface area contributed by atoms with E-state index in [1.54, 1.807) is 79.7 Å². The van der Waals surface area contributed by atoms with Crippen LogP contribution in [0.1, 0.15) is 68.5 Å². The van der Waals surface area contributed by atoms with E-state index in [0.717, 1.165) is 34.6 Å². The van der Waals surface area contributed by atoms with Gasteiger partial charge in [-0.3, -0.25) is 14.4 Å². The van der Waals surface area contributed by atoms with Crippen LogP contribution in [0, 0.1) is 0 Å². The van der Waals surface area contributed by atoms with Crippen LogP contribution in [0.15, 0.2) is 120 Å². The van der Waals surface area contributed by atoms with Gasteiger partial charge in [-0.2, -0.15) is 0 Å². The summed E-state index contributed by atoms with van der Waals surface area (Å²) in [5, 5.41) is 8.63. The Bertz CT molecular complexity index is 2150. The lowest BCUT2D eigenvalue weighted by Crippen LogP contribution is -2.30. The Morgan fingerprint density at radius 2 is 1.63 bits per heavy atom. The molecule has 6 rings (SSSR count). The first kappa shape index (κ1) is 38.1. The zero-order valence-corrected chi connectivity index (χ0v) is 31.9. The van der Waals surface area contributed by atoms with Crippen LogP contribution in [0.3, 0.4) is 0 Å². The highest BCUT2D eigenvalue weighted by Gasteiger charge is 2.31. The number of fused-ring (bicyclic) bond motifs is 1. The number of methoxy groups -OCH3 is 1. The molecule has 1 heterocycles. The smallest absolute Gasteiger partial charge is 0.341 e. The van der Waals surface area contributed by atoms with Crippen LogP contribution in [-0.2, 0) is 27.2 Å². The van der Waals surface area contributed by atoms with Gasteiger partial charge >= 0.3 is 5.97 Å². The van der Waals surface area contributed by atoms with Crippen molar-refractivity contribution in [1.29, 1.82) is 0 Å². The van der Waals surface area contributed by atoms with E-state index in [-0.39, 0.29) is 11.6 Å². The number of thioether (sulfide) groups is 1. The number of carbonyl (C=O) groups is 4. The molecule has 9 nitrogen and oxygen atoms in total. The number of hydrogen-bond acceptors (Lipinski definition) is 8. The molecule has 0 radical (unpaired) electrons. The number of rotatable bonds is 13. The van der Waals surface area contributed by atoms with Gasteiger partial charge in [0.15, 0.2) is 0 Å². The molecule has 0 fully saturated rings. The van der Waals surface area contributed by atoms with Gasteiger partial charge in [-0.05, 0) is 104 Å². The fraction of sp³-hybridized carbons (Fsp3) is 0.209. The quantitative estimate of drug-likeness (QED) is 0.0624. The van der Waals surface area contributed by atoms with Crippen molar-refractivity contribution in [3.63, 3.8) is 0 Å². The van der Waals surface area contributed by atoms with Gasteiger partial charge in [-0.15, -0.1) is 23.1 Å².